The minimum atomic E-state index is -0.139. The third kappa shape index (κ3) is 4.62. The van der Waals surface area contributed by atoms with Crippen LogP contribution in [0.3, 0.4) is 0 Å². The molecular weight excluding hydrogens is 266 g/mol. The Labute approximate surface area is 124 Å². The average molecular weight is 285 g/mol. The topological polar surface area (TPSA) is 71.1 Å². The molecule has 1 N–H and O–H groups in total. The van der Waals surface area contributed by atoms with Crippen molar-refractivity contribution < 1.29 is 9.15 Å². The first-order valence-electron chi connectivity index (χ1n) is 6.94. The molecule has 0 spiro atoms. The summed E-state index contributed by atoms with van der Waals surface area (Å²) in [4.78, 5) is 4.21. The molecule has 0 radical (unpaired) electrons. The van der Waals surface area contributed by atoms with Crippen molar-refractivity contribution in [3.8, 4) is 6.07 Å². The zero-order chi connectivity index (χ0) is 15.1. The highest BCUT2D eigenvalue weighted by Gasteiger charge is 2.15. The van der Waals surface area contributed by atoms with Crippen molar-refractivity contribution in [2.75, 3.05) is 18.5 Å². The number of furan rings is 1. The van der Waals surface area contributed by atoms with Gasteiger partial charge in [0, 0.05) is 6.61 Å². The van der Waals surface area contributed by atoms with E-state index < -0.39 is 0 Å². The van der Waals surface area contributed by atoms with Gasteiger partial charge in [0.25, 0.3) is 0 Å². The van der Waals surface area contributed by atoms with Crippen LogP contribution in [0.15, 0.2) is 41.0 Å². The molecule has 0 aliphatic rings. The Morgan fingerprint density at radius 1 is 1.29 bits per heavy atom. The molecular formula is C16H19N3O2. The molecule has 0 aliphatic carbocycles. The summed E-state index contributed by atoms with van der Waals surface area (Å²) in [6.45, 7) is 5.37. The van der Waals surface area contributed by atoms with Gasteiger partial charge in [-0.1, -0.05) is 19.9 Å². The summed E-state index contributed by atoms with van der Waals surface area (Å²) in [5.74, 6) is 1.88. The number of pyridine rings is 1. The van der Waals surface area contributed by atoms with Crippen LogP contribution < -0.4 is 5.32 Å². The van der Waals surface area contributed by atoms with E-state index in [4.69, 9.17) is 14.4 Å². The highest BCUT2D eigenvalue weighted by Crippen LogP contribution is 2.19. The van der Waals surface area contributed by atoms with E-state index in [1.807, 2.05) is 24.3 Å². The number of aromatic nitrogens is 1. The molecule has 2 aromatic heterocycles. The molecule has 0 saturated heterocycles. The maximum absolute atomic E-state index is 8.90. The highest BCUT2D eigenvalue weighted by atomic mass is 16.5. The normalized spacial score (nSPS) is 12.1. The van der Waals surface area contributed by atoms with Gasteiger partial charge in [-0.15, -0.1) is 0 Å². The minimum Gasteiger partial charge on any atom is -0.467 e. The van der Waals surface area contributed by atoms with Gasteiger partial charge in [0.2, 0.25) is 0 Å². The fourth-order valence-corrected chi connectivity index (χ4v) is 1.86. The maximum atomic E-state index is 8.90. The first kappa shape index (κ1) is 15.1. The first-order chi connectivity index (χ1) is 10.2. The van der Waals surface area contributed by atoms with Crippen LogP contribution in [-0.4, -0.2) is 18.2 Å². The number of anilines is 1. The molecule has 1 unspecified atom stereocenters. The number of nitrogens with one attached hydrogen (secondary N) is 1. The molecule has 5 nitrogen and oxygen atoms in total. The molecule has 0 saturated carbocycles. The van der Waals surface area contributed by atoms with Crippen molar-refractivity contribution in [1.29, 1.82) is 5.26 Å². The molecule has 0 aliphatic heterocycles. The SMILES string of the molecule is CC(C)COCC(Nc1cccc(C#N)n1)c1ccco1. The second-order valence-corrected chi connectivity index (χ2v) is 5.16. The number of ether oxygens (including phenoxy) is 1. The summed E-state index contributed by atoms with van der Waals surface area (Å²) in [6, 6.07) is 10.9. The maximum Gasteiger partial charge on any atom is 0.142 e. The number of nitrogens with zero attached hydrogens (tertiary/aromatic N) is 2. The summed E-state index contributed by atoms with van der Waals surface area (Å²) in [5, 5.41) is 12.1. The van der Waals surface area contributed by atoms with Crippen molar-refractivity contribution in [3.05, 3.63) is 48.0 Å². The Kier molecular flexibility index (Phi) is 5.35. The van der Waals surface area contributed by atoms with Gasteiger partial charge in [-0.05, 0) is 30.2 Å². The minimum absolute atomic E-state index is 0.139. The van der Waals surface area contributed by atoms with Crippen LogP contribution in [0, 0.1) is 17.2 Å². The van der Waals surface area contributed by atoms with E-state index in [9.17, 15) is 0 Å². The summed E-state index contributed by atoms with van der Waals surface area (Å²) in [7, 11) is 0. The van der Waals surface area contributed by atoms with E-state index in [0.717, 1.165) is 5.76 Å². The van der Waals surface area contributed by atoms with Gasteiger partial charge in [0.1, 0.15) is 29.4 Å². The third-order valence-electron chi connectivity index (χ3n) is 2.81. The largest absolute Gasteiger partial charge is 0.467 e. The lowest BCUT2D eigenvalue weighted by Crippen LogP contribution is -2.19. The van der Waals surface area contributed by atoms with Crippen molar-refractivity contribution in [1.82, 2.24) is 4.98 Å². The molecule has 110 valence electrons. The third-order valence-corrected chi connectivity index (χ3v) is 2.81. The fraction of sp³-hybridized carbons (Fsp3) is 0.375. The zero-order valence-corrected chi connectivity index (χ0v) is 12.2. The second kappa shape index (κ2) is 7.46. The smallest absolute Gasteiger partial charge is 0.142 e. The van der Waals surface area contributed by atoms with E-state index in [1.165, 1.54) is 0 Å². The average Bonchev–Trinajstić information content (AvgIpc) is 3.00. The quantitative estimate of drug-likeness (QED) is 0.844. The van der Waals surface area contributed by atoms with Gasteiger partial charge in [-0.25, -0.2) is 4.98 Å². The molecule has 2 aromatic rings. The molecule has 21 heavy (non-hydrogen) atoms. The van der Waals surface area contributed by atoms with Crippen LogP contribution in [0.25, 0.3) is 0 Å². The lowest BCUT2D eigenvalue weighted by molar-refractivity contribution is 0.0979. The second-order valence-electron chi connectivity index (χ2n) is 5.16. The number of hydrogen-bond acceptors (Lipinski definition) is 5. The van der Waals surface area contributed by atoms with Crippen molar-refractivity contribution in [2.45, 2.75) is 19.9 Å². The van der Waals surface area contributed by atoms with Gasteiger partial charge in [-0.2, -0.15) is 5.26 Å². The summed E-state index contributed by atoms with van der Waals surface area (Å²) in [5.41, 5.74) is 0.376. The molecule has 0 bridgehead atoms. The zero-order valence-electron chi connectivity index (χ0n) is 12.2. The summed E-state index contributed by atoms with van der Waals surface area (Å²) < 4.78 is 11.1. The monoisotopic (exact) mass is 285 g/mol. The summed E-state index contributed by atoms with van der Waals surface area (Å²) >= 11 is 0. The molecule has 5 heteroatoms. The van der Waals surface area contributed by atoms with Crippen LogP contribution in [0.4, 0.5) is 5.82 Å². The van der Waals surface area contributed by atoms with E-state index in [1.54, 1.807) is 18.4 Å². The molecule has 0 fully saturated rings. The Morgan fingerprint density at radius 2 is 2.14 bits per heavy atom. The highest BCUT2D eigenvalue weighted by molar-refractivity contribution is 5.40. The first-order valence-corrected chi connectivity index (χ1v) is 6.94. The molecule has 1 atom stereocenters. The van der Waals surface area contributed by atoms with Crippen molar-refractivity contribution in [3.63, 3.8) is 0 Å². The van der Waals surface area contributed by atoms with E-state index in [0.29, 0.717) is 30.6 Å². The van der Waals surface area contributed by atoms with E-state index in [2.05, 4.69) is 24.1 Å². The molecule has 2 rings (SSSR count). The van der Waals surface area contributed by atoms with Gasteiger partial charge in [0.15, 0.2) is 0 Å². The molecule has 2 heterocycles. The lowest BCUT2D eigenvalue weighted by atomic mass is 10.2. The fourth-order valence-electron chi connectivity index (χ4n) is 1.86. The van der Waals surface area contributed by atoms with Crippen molar-refractivity contribution >= 4 is 5.82 Å². The van der Waals surface area contributed by atoms with E-state index in [-0.39, 0.29) is 6.04 Å². The van der Waals surface area contributed by atoms with Crippen LogP contribution in [0.5, 0.6) is 0 Å². The molecule has 0 aromatic carbocycles. The van der Waals surface area contributed by atoms with Gasteiger partial charge in [0.05, 0.1) is 12.9 Å². The van der Waals surface area contributed by atoms with Crippen molar-refractivity contribution in [2.24, 2.45) is 5.92 Å². The number of hydrogen-bond donors (Lipinski definition) is 1. The van der Waals surface area contributed by atoms with Gasteiger partial charge in [-0.3, -0.25) is 0 Å². The van der Waals surface area contributed by atoms with Crippen LogP contribution in [0.2, 0.25) is 0 Å². The Hall–Kier alpha value is -2.32. The standard InChI is InChI=1S/C16H19N3O2/c1-12(2)10-20-11-14(15-6-4-8-21-15)19-16-7-3-5-13(9-17)18-16/h3-8,12,14H,10-11H2,1-2H3,(H,18,19). The number of rotatable bonds is 7. The Morgan fingerprint density at radius 3 is 2.81 bits per heavy atom. The van der Waals surface area contributed by atoms with Gasteiger partial charge < -0.3 is 14.5 Å². The van der Waals surface area contributed by atoms with E-state index >= 15 is 0 Å². The lowest BCUT2D eigenvalue weighted by Gasteiger charge is -2.18. The predicted octanol–water partition coefficient (Wildman–Crippen LogP) is 3.37. The molecule has 0 amide bonds. The van der Waals surface area contributed by atoms with Gasteiger partial charge >= 0.3 is 0 Å². The Balaban J connectivity index is 2.06. The predicted molar refractivity (Wildman–Crippen MR) is 79.7 cm³/mol. The van der Waals surface area contributed by atoms with Crippen LogP contribution in [-0.2, 0) is 4.74 Å². The summed E-state index contributed by atoms with van der Waals surface area (Å²) in [6.07, 6.45) is 1.63. The number of nitriles is 1. The Bertz CT molecular complexity index is 588. The van der Waals surface area contributed by atoms with Crippen LogP contribution >= 0.6 is 0 Å². The van der Waals surface area contributed by atoms with Crippen LogP contribution in [0.1, 0.15) is 31.3 Å².